The van der Waals surface area contributed by atoms with Gasteiger partial charge < -0.3 is 4.74 Å². The van der Waals surface area contributed by atoms with Crippen molar-refractivity contribution in [3.63, 3.8) is 0 Å². The third-order valence-corrected chi connectivity index (χ3v) is 3.32. The van der Waals surface area contributed by atoms with Gasteiger partial charge in [0.15, 0.2) is 5.78 Å². The van der Waals surface area contributed by atoms with E-state index in [-0.39, 0.29) is 11.3 Å². The lowest BCUT2D eigenvalue weighted by atomic mass is 10.1. The second kappa shape index (κ2) is 6.06. The highest BCUT2D eigenvalue weighted by Crippen LogP contribution is 2.29. The Morgan fingerprint density at radius 3 is 2.65 bits per heavy atom. The van der Waals surface area contributed by atoms with E-state index in [1.54, 1.807) is 12.1 Å². The van der Waals surface area contributed by atoms with Crippen LogP contribution in [-0.2, 0) is 6.42 Å². The van der Waals surface area contributed by atoms with Crippen LogP contribution < -0.4 is 4.74 Å². The van der Waals surface area contributed by atoms with E-state index in [0.29, 0.717) is 16.5 Å². The van der Waals surface area contributed by atoms with Crippen LogP contribution >= 0.6 is 11.6 Å². The summed E-state index contributed by atoms with van der Waals surface area (Å²) in [6.45, 7) is 3.37. The normalized spacial score (nSPS) is 10.4. The minimum absolute atomic E-state index is 0.220. The fourth-order valence-corrected chi connectivity index (χ4v) is 2.13. The highest BCUT2D eigenvalue weighted by Gasteiger charge is 2.11. The summed E-state index contributed by atoms with van der Waals surface area (Å²) < 4.78 is 18.9. The quantitative estimate of drug-likeness (QED) is 0.738. The summed E-state index contributed by atoms with van der Waals surface area (Å²) in [7, 11) is 0. The molecule has 2 nitrogen and oxygen atoms in total. The molecule has 0 aliphatic rings. The third-order valence-electron chi connectivity index (χ3n) is 2.95. The van der Waals surface area contributed by atoms with Gasteiger partial charge in [0.2, 0.25) is 0 Å². The van der Waals surface area contributed by atoms with Crippen LogP contribution in [0.5, 0.6) is 11.5 Å². The predicted molar refractivity (Wildman–Crippen MR) is 77.3 cm³/mol. The summed E-state index contributed by atoms with van der Waals surface area (Å²) in [4.78, 5) is 11.5. The molecule has 0 fully saturated rings. The van der Waals surface area contributed by atoms with Crippen LogP contribution in [0.4, 0.5) is 4.39 Å². The molecule has 0 saturated carbocycles. The molecule has 0 bridgehead atoms. The maximum Gasteiger partial charge on any atom is 0.163 e. The SMILES string of the molecule is CCc1cc(Oc2ccc(F)cc2C(C)=O)ccc1Cl. The molecule has 0 atom stereocenters. The van der Waals surface area contributed by atoms with Gasteiger partial charge >= 0.3 is 0 Å². The molecule has 0 unspecified atom stereocenters. The van der Waals surface area contributed by atoms with Crippen LogP contribution in [0.25, 0.3) is 0 Å². The number of carbonyl (C=O) groups is 1. The molecule has 0 spiro atoms. The first-order valence-electron chi connectivity index (χ1n) is 6.28. The van der Waals surface area contributed by atoms with Gasteiger partial charge in [-0.05, 0) is 55.3 Å². The average molecular weight is 293 g/mol. The van der Waals surface area contributed by atoms with Crippen LogP contribution in [0.1, 0.15) is 29.8 Å². The highest BCUT2D eigenvalue weighted by molar-refractivity contribution is 6.31. The van der Waals surface area contributed by atoms with Gasteiger partial charge in [-0.1, -0.05) is 18.5 Å². The summed E-state index contributed by atoms with van der Waals surface area (Å²) in [6.07, 6.45) is 0.777. The Morgan fingerprint density at radius 1 is 1.25 bits per heavy atom. The van der Waals surface area contributed by atoms with E-state index in [1.807, 2.05) is 13.0 Å². The Morgan fingerprint density at radius 2 is 2.00 bits per heavy atom. The van der Waals surface area contributed by atoms with Crippen molar-refractivity contribution in [2.24, 2.45) is 0 Å². The smallest absolute Gasteiger partial charge is 0.163 e. The molecule has 2 rings (SSSR count). The van der Waals surface area contributed by atoms with Gasteiger partial charge in [0.25, 0.3) is 0 Å². The number of ketones is 1. The van der Waals surface area contributed by atoms with Crippen LogP contribution in [0.2, 0.25) is 5.02 Å². The molecule has 0 heterocycles. The van der Waals surface area contributed by atoms with Gasteiger partial charge in [-0.2, -0.15) is 0 Å². The van der Waals surface area contributed by atoms with E-state index in [4.69, 9.17) is 16.3 Å². The molecule has 4 heteroatoms. The van der Waals surface area contributed by atoms with Crippen LogP contribution in [-0.4, -0.2) is 5.78 Å². The molecule has 2 aromatic carbocycles. The Kier molecular flexibility index (Phi) is 4.40. The van der Waals surface area contributed by atoms with Crippen LogP contribution in [0.3, 0.4) is 0 Å². The largest absolute Gasteiger partial charge is 0.457 e. The molecule has 0 aliphatic heterocycles. The van der Waals surface area contributed by atoms with Crippen LogP contribution in [0, 0.1) is 5.82 Å². The molecule has 0 radical (unpaired) electrons. The fourth-order valence-electron chi connectivity index (χ4n) is 1.88. The molecular formula is C16H14ClFO2. The fraction of sp³-hybridized carbons (Fsp3) is 0.188. The lowest BCUT2D eigenvalue weighted by Crippen LogP contribution is -1.98. The van der Waals surface area contributed by atoms with Crippen molar-refractivity contribution in [1.29, 1.82) is 0 Å². The zero-order chi connectivity index (χ0) is 14.7. The van der Waals surface area contributed by atoms with Gasteiger partial charge in [0, 0.05) is 5.02 Å². The summed E-state index contributed by atoms with van der Waals surface area (Å²) in [6, 6.07) is 9.16. The molecule has 0 aromatic heterocycles. The van der Waals surface area contributed by atoms with Crippen molar-refractivity contribution >= 4 is 17.4 Å². The van der Waals surface area contributed by atoms with E-state index < -0.39 is 5.82 Å². The maximum atomic E-state index is 13.2. The van der Waals surface area contributed by atoms with Crippen molar-refractivity contribution < 1.29 is 13.9 Å². The van der Waals surface area contributed by atoms with Gasteiger partial charge in [0.05, 0.1) is 5.56 Å². The van der Waals surface area contributed by atoms with E-state index in [2.05, 4.69) is 0 Å². The first-order chi connectivity index (χ1) is 9.51. The second-order valence-electron chi connectivity index (χ2n) is 4.41. The lowest BCUT2D eigenvalue weighted by molar-refractivity contribution is 0.101. The summed E-state index contributed by atoms with van der Waals surface area (Å²) in [5, 5.41) is 0.672. The summed E-state index contributed by atoms with van der Waals surface area (Å²) in [5.74, 6) is 0.195. The third kappa shape index (κ3) is 3.17. The van der Waals surface area contributed by atoms with E-state index in [1.165, 1.54) is 25.1 Å². The minimum Gasteiger partial charge on any atom is -0.457 e. The van der Waals surface area contributed by atoms with Crippen molar-refractivity contribution in [3.8, 4) is 11.5 Å². The van der Waals surface area contributed by atoms with E-state index >= 15 is 0 Å². The number of ether oxygens (including phenoxy) is 1. The zero-order valence-electron chi connectivity index (χ0n) is 11.2. The van der Waals surface area contributed by atoms with Crippen molar-refractivity contribution in [2.75, 3.05) is 0 Å². The maximum absolute atomic E-state index is 13.2. The minimum atomic E-state index is -0.465. The zero-order valence-corrected chi connectivity index (χ0v) is 12.0. The second-order valence-corrected chi connectivity index (χ2v) is 4.81. The lowest BCUT2D eigenvalue weighted by Gasteiger charge is -2.11. The number of benzene rings is 2. The van der Waals surface area contributed by atoms with E-state index in [9.17, 15) is 9.18 Å². The first kappa shape index (κ1) is 14.5. The molecule has 0 amide bonds. The Balaban J connectivity index is 2.37. The molecule has 0 saturated heterocycles. The molecule has 104 valence electrons. The Bertz CT molecular complexity index is 653. The number of aryl methyl sites for hydroxylation is 1. The number of rotatable bonds is 4. The van der Waals surface area contributed by atoms with Gasteiger partial charge in [0.1, 0.15) is 17.3 Å². The highest BCUT2D eigenvalue weighted by atomic mass is 35.5. The number of hydrogen-bond acceptors (Lipinski definition) is 2. The van der Waals surface area contributed by atoms with Gasteiger partial charge in [-0.25, -0.2) is 4.39 Å². The van der Waals surface area contributed by atoms with Crippen molar-refractivity contribution in [1.82, 2.24) is 0 Å². The topological polar surface area (TPSA) is 26.3 Å². The van der Waals surface area contributed by atoms with Gasteiger partial charge in [-0.3, -0.25) is 4.79 Å². The van der Waals surface area contributed by atoms with Gasteiger partial charge in [-0.15, -0.1) is 0 Å². The van der Waals surface area contributed by atoms with E-state index in [0.717, 1.165) is 12.0 Å². The number of carbonyl (C=O) groups excluding carboxylic acids is 1. The average Bonchev–Trinajstić information content (AvgIpc) is 2.42. The van der Waals surface area contributed by atoms with Crippen molar-refractivity contribution in [2.45, 2.75) is 20.3 Å². The standard InChI is InChI=1S/C16H14ClFO2/c1-3-11-8-13(5-6-15(11)17)20-16-7-4-12(18)9-14(16)10(2)19/h4-9H,3H2,1-2H3. The number of Topliss-reactive ketones (excluding diaryl/α,β-unsaturated/α-hetero) is 1. The van der Waals surface area contributed by atoms with Crippen LogP contribution in [0.15, 0.2) is 36.4 Å². The van der Waals surface area contributed by atoms with Crippen molar-refractivity contribution in [3.05, 3.63) is 58.4 Å². The molecule has 20 heavy (non-hydrogen) atoms. The Hall–Kier alpha value is -1.87. The Labute approximate surface area is 122 Å². The summed E-state index contributed by atoms with van der Waals surface area (Å²) >= 11 is 6.04. The predicted octanol–water partition coefficient (Wildman–Crippen LogP) is 5.04. The monoisotopic (exact) mass is 292 g/mol. The first-order valence-corrected chi connectivity index (χ1v) is 6.66. The summed E-state index contributed by atoms with van der Waals surface area (Å²) in [5.41, 5.74) is 1.17. The molecule has 2 aromatic rings. The number of halogens is 2. The number of hydrogen-bond donors (Lipinski definition) is 0. The molecule has 0 N–H and O–H groups in total. The molecular weight excluding hydrogens is 279 g/mol. The molecule has 0 aliphatic carbocycles.